The number of para-hydroxylation sites is 1. The lowest BCUT2D eigenvalue weighted by Gasteiger charge is -2.07. The number of aryl methyl sites for hydroxylation is 1. The molecule has 0 saturated carbocycles. The third kappa shape index (κ3) is 5.59. The van der Waals surface area contributed by atoms with Gasteiger partial charge in [-0.1, -0.05) is 42.4 Å². The minimum absolute atomic E-state index is 0.0709. The van der Waals surface area contributed by atoms with E-state index in [0.717, 1.165) is 16.9 Å². The van der Waals surface area contributed by atoms with Gasteiger partial charge in [-0.15, -0.1) is 16.9 Å². The maximum atomic E-state index is 12.0. The average Bonchev–Trinajstić information content (AvgIpc) is 3.09. The van der Waals surface area contributed by atoms with Crippen molar-refractivity contribution in [3.05, 3.63) is 65.5 Å². The molecule has 3 rings (SSSR count). The van der Waals surface area contributed by atoms with Crippen LogP contribution in [-0.2, 0) is 11.2 Å². The van der Waals surface area contributed by atoms with Crippen molar-refractivity contribution in [1.82, 2.24) is 10.2 Å². The van der Waals surface area contributed by atoms with Crippen LogP contribution in [0.25, 0.3) is 0 Å². The Kier molecular flexibility index (Phi) is 6.49. The van der Waals surface area contributed by atoms with E-state index in [-0.39, 0.29) is 18.5 Å². The van der Waals surface area contributed by atoms with Crippen molar-refractivity contribution in [2.24, 2.45) is 0 Å². The third-order valence-electron chi connectivity index (χ3n) is 3.76. The SMILES string of the molecule is CCSc1ccc(Cc2nnc(NC(=O)COc3ccccc3C)o2)cc1. The number of benzene rings is 2. The number of amides is 1. The van der Waals surface area contributed by atoms with Crippen molar-refractivity contribution in [3.63, 3.8) is 0 Å². The van der Waals surface area contributed by atoms with Crippen LogP contribution in [0.3, 0.4) is 0 Å². The first-order valence-corrected chi connectivity index (χ1v) is 9.65. The molecule has 0 bridgehead atoms. The van der Waals surface area contributed by atoms with Crippen LogP contribution in [0, 0.1) is 6.92 Å². The van der Waals surface area contributed by atoms with Crippen LogP contribution in [0.1, 0.15) is 23.9 Å². The Morgan fingerprint density at radius 2 is 1.93 bits per heavy atom. The highest BCUT2D eigenvalue weighted by Gasteiger charge is 2.11. The van der Waals surface area contributed by atoms with E-state index in [1.54, 1.807) is 11.8 Å². The summed E-state index contributed by atoms with van der Waals surface area (Å²) in [6.45, 7) is 3.92. The molecule has 0 atom stereocenters. The summed E-state index contributed by atoms with van der Waals surface area (Å²) >= 11 is 1.79. The monoisotopic (exact) mass is 383 g/mol. The van der Waals surface area contributed by atoms with Crippen LogP contribution in [0.15, 0.2) is 57.8 Å². The van der Waals surface area contributed by atoms with Crippen molar-refractivity contribution >= 4 is 23.7 Å². The number of hydrogen-bond acceptors (Lipinski definition) is 6. The van der Waals surface area contributed by atoms with Gasteiger partial charge in [0.25, 0.3) is 5.91 Å². The fourth-order valence-electron chi connectivity index (χ4n) is 2.44. The zero-order chi connectivity index (χ0) is 19.1. The smallest absolute Gasteiger partial charge is 0.322 e. The molecule has 6 nitrogen and oxygen atoms in total. The molecule has 0 spiro atoms. The summed E-state index contributed by atoms with van der Waals surface area (Å²) in [6, 6.07) is 15.8. The van der Waals surface area contributed by atoms with Crippen LogP contribution in [0.2, 0.25) is 0 Å². The van der Waals surface area contributed by atoms with E-state index in [0.29, 0.717) is 18.1 Å². The number of aromatic nitrogens is 2. The quantitative estimate of drug-likeness (QED) is 0.590. The number of thioether (sulfide) groups is 1. The van der Waals surface area contributed by atoms with E-state index in [2.05, 4.69) is 34.6 Å². The summed E-state index contributed by atoms with van der Waals surface area (Å²) in [5, 5.41) is 10.4. The number of rotatable bonds is 8. The molecule has 140 valence electrons. The van der Waals surface area contributed by atoms with Gasteiger partial charge in [-0.05, 0) is 42.0 Å². The highest BCUT2D eigenvalue weighted by molar-refractivity contribution is 7.99. The van der Waals surface area contributed by atoms with Gasteiger partial charge in [-0.25, -0.2) is 0 Å². The van der Waals surface area contributed by atoms with Crippen molar-refractivity contribution in [2.45, 2.75) is 25.2 Å². The van der Waals surface area contributed by atoms with E-state index < -0.39 is 0 Å². The number of ether oxygens (including phenoxy) is 1. The van der Waals surface area contributed by atoms with Crippen LogP contribution in [-0.4, -0.2) is 28.5 Å². The Morgan fingerprint density at radius 1 is 1.15 bits per heavy atom. The highest BCUT2D eigenvalue weighted by Crippen LogP contribution is 2.19. The molecule has 1 aromatic heterocycles. The summed E-state index contributed by atoms with van der Waals surface area (Å²) < 4.78 is 11.0. The zero-order valence-electron chi connectivity index (χ0n) is 15.3. The molecule has 1 heterocycles. The lowest BCUT2D eigenvalue weighted by molar-refractivity contribution is -0.118. The maximum Gasteiger partial charge on any atom is 0.322 e. The minimum atomic E-state index is -0.352. The van der Waals surface area contributed by atoms with Crippen LogP contribution >= 0.6 is 11.8 Å². The second-order valence-corrected chi connectivity index (χ2v) is 7.19. The standard InChI is InChI=1S/C20H21N3O3S/c1-3-27-16-10-8-15(9-11-16)12-19-22-23-20(26-19)21-18(24)13-25-17-7-5-4-6-14(17)2/h4-11H,3,12-13H2,1-2H3,(H,21,23,24). The number of carbonyl (C=O) groups excluding carboxylic acids is 1. The van der Waals surface area contributed by atoms with Crippen molar-refractivity contribution < 1.29 is 13.9 Å². The Hall–Kier alpha value is -2.80. The summed E-state index contributed by atoms with van der Waals surface area (Å²) in [5.74, 6) is 1.80. The summed E-state index contributed by atoms with van der Waals surface area (Å²) in [5.41, 5.74) is 2.04. The number of carbonyl (C=O) groups is 1. The Bertz CT molecular complexity index is 893. The van der Waals surface area contributed by atoms with Gasteiger partial charge in [-0.3, -0.25) is 10.1 Å². The lowest BCUT2D eigenvalue weighted by Crippen LogP contribution is -2.20. The van der Waals surface area contributed by atoms with Gasteiger partial charge in [0.05, 0.1) is 6.42 Å². The first-order chi connectivity index (χ1) is 13.1. The molecular weight excluding hydrogens is 362 g/mol. The van der Waals surface area contributed by atoms with Gasteiger partial charge in [0.15, 0.2) is 6.61 Å². The van der Waals surface area contributed by atoms with Crippen molar-refractivity contribution in [3.8, 4) is 5.75 Å². The maximum absolute atomic E-state index is 12.0. The lowest BCUT2D eigenvalue weighted by atomic mass is 10.1. The van der Waals surface area contributed by atoms with Gasteiger partial charge in [0.2, 0.25) is 5.89 Å². The topological polar surface area (TPSA) is 77.2 Å². The molecule has 0 fully saturated rings. The van der Waals surface area contributed by atoms with Crippen molar-refractivity contribution in [1.29, 1.82) is 0 Å². The first-order valence-electron chi connectivity index (χ1n) is 8.66. The summed E-state index contributed by atoms with van der Waals surface area (Å²) in [4.78, 5) is 13.2. The van der Waals surface area contributed by atoms with Gasteiger partial charge >= 0.3 is 6.01 Å². The predicted molar refractivity (Wildman–Crippen MR) is 105 cm³/mol. The van der Waals surface area contributed by atoms with E-state index in [4.69, 9.17) is 9.15 Å². The van der Waals surface area contributed by atoms with Crippen LogP contribution < -0.4 is 10.1 Å². The molecule has 0 aliphatic carbocycles. The molecule has 0 aliphatic rings. The predicted octanol–water partition coefficient (Wildman–Crippen LogP) is 4.10. The molecule has 1 N–H and O–H groups in total. The van der Waals surface area contributed by atoms with Gasteiger partial charge in [0, 0.05) is 4.90 Å². The average molecular weight is 383 g/mol. The normalized spacial score (nSPS) is 10.6. The van der Waals surface area contributed by atoms with Crippen molar-refractivity contribution in [2.75, 3.05) is 17.7 Å². The Labute approximate surface area is 162 Å². The molecule has 2 aromatic carbocycles. The van der Waals surface area contributed by atoms with E-state index in [1.807, 2.05) is 43.3 Å². The second kappa shape index (κ2) is 9.23. The number of nitrogens with zero attached hydrogens (tertiary/aromatic N) is 2. The molecule has 0 unspecified atom stereocenters. The molecule has 0 radical (unpaired) electrons. The molecule has 1 amide bonds. The zero-order valence-corrected chi connectivity index (χ0v) is 16.1. The summed E-state index contributed by atoms with van der Waals surface area (Å²) in [7, 11) is 0. The minimum Gasteiger partial charge on any atom is -0.483 e. The second-order valence-electron chi connectivity index (χ2n) is 5.86. The molecule has 7 heteroatoms. The largest absolute Gasteiger partial charge is 0.483 e. The fourth-order valence-corrected chi connectivity index (χ4v) is 3.10. The number of anilines is 1. The Balaban J connectivity index is 1.51. The molecule has 0 aliphatic heterocycles. The molecule has 0 saturated heterocycles. The molecule has 27 heavy (non-hydrogen) atoms. The van der Waals surface area contributed by atoms with Crippen LogP contribution in [0.4, 0.5) is 6.01 Å². The number of nitrogens with one attached hydrogen (secondary N) is 1. The van der Waals surface area contributed by atoms with Crippen LogP contribution in [0.5, 0.6) is 5.75 Å². The van der Waals surface area contributed by atoms with E-state index in [9.17, 15) is 4.79 Å². The third-order valence-corrected chi connectivity index (χ3v) is 4.65. The Morgan fingerprint density at radius 3 is 2.67 bits per heavy atom. The van der Waals surface area contributed by atoms with Gasteiger partial charge in [0.1, 0.15) is 5.75 Å². The highest BCUT2D eigenvalue weighted by atomic mass is 32.2. The van der Waals surface area contributed by atoms with Gasteiger partial charge < -0.3 is 9.15 Å². The first kappa shape index (κ1) is 19.0. The fraction of sp³-hybridized carbons (Fsp3) is 0.250. The van der Waals surface area contributed by atoms with E-state index >= 15 is 0 Å². The van der Waals surface area contributed by atoms with Gasteiger partial charge in [-0.2, -0.15) is 0 Å². The van der Waals surface area contributed by atoms with E-state index in [1.165, 1.54) is 4.90 Å². The number of hydrogen-bond donors (Lipinski definition) is 1. The molecule has 3 aromatic rings. The summed E-state index contributed by atoms with van der Waals surface area (Å²) in [6.07, 6.45) is 0.514. The molecular formula is C20H21N3O3S.